The molecule has 2 aromatic carbocycles. The van der Waals surface area contributed by atoms with Crippen molar-refractivity contribution in [2.45, 2.75) is 19.1 Å². The summed E-state index contributed by atoms with van der Waals surface area (Å²) in [7, 11) is 0. The molecule has 2 aromatic heterocycles. The van der Waals surface area contributed by atoms with E-state index in [0.29, 0.717) is 24.7 Å². The first kappa shape index (κ1) is 22.0. The van der Waals surface area contributed by atoms with E-state index in [1.165, 1.54) is 23.3 Å². The number of oxazole rings is 1. The summed E-state index contributed by atoms with van der Waals surface area (Å²) in [6, 6.07) is 15.6. The van der Waals surface area contributed by atoms with Crippen LogP contribution in [0.2, 0.25) is 0 Å². The minimum atomic E-state index is -0.808. The number of rotatable bonds is 10. The van der Waals surface area contributed by atoms with Crippen LogP contribution in [0.15, 0.2) is 58.3 Å². The number of carbonyl (C=O) groups is 1. The van der Waals surface area contributed by atoms with Gasteiger partial charge in [0.05, 0.1) is 18.1 Å². The van der Waals surface area contributed by atoms with Gasteiger partial charge in [-0.1, -0.05) is 28.8 Å². The lowest BCUT2D eigenvalue weighted by molar-refractivity contribution is -0.133. The molecule has 4 aromatic rings. The van der Waals surface area contributed by atoms with Gasteiger partial charge >= 0.3 is 5.97 Å². The van der Waals surface area contributed by atoms with E-state index in [1.807, 2.05) is 60.8 Å². The molecule has 9 heteroatoms. The molecular weight excluding hydrogens is 446 g/mol. The molecule has 0 aliphatic carbocycles. The summed E-state index contributed by atoms with van der Waals surface area (Å²) in [6.07, 6.45) is 0.621. The van der Waals surface area contributed by atoms with Gasteiger partial charge in [0, 0.05) is 28.7 Å². The van der Waals surface area contributed by atoms with Crippen LogP contribution in [0, 0.1) is 6.92 Å². The Morgan fingerprint density at radius 1 is 1.19 bits per heavy atom. The Morgan fingerprint density at radius 3 is 2.75 bits per heavy atom. The monoisotopic (exact) mass is 467 g/mol. The SMILES string of the molecule is Cc1oc(-c2ccc(-c3csnn3)cc2)nc1CCOc1cccc(CSCC(=O)O)c1. The fraction of sp³-hybridized carbons (Fsp3) is 0.217. The Bertz CT molecular complexity index is 1170. The van der Waals surface area contributed by atoms with Crippen LogP contribution in [0.1, 0.15) is 17.0 Å². The molecule has 164 valence electrons. The molecule has 0 saturated heterocycles. The van der Waals surface area contributed by atoms with Gasteiger partial charge in [-0.15, -0.1) is 16.9 Å². The topological polar surface area (TPSA) is 98.3 Å². The fourth-order valence-corrected chi connectivity index (χ4v) is 4.26. The van der Waals surface area contributed by atoms with Crippen molar-refractivity contribution in [2.75, 3.05) is 12.4 Å². The number of hydrogen-bond acceptors (Lipinski definition) is 8. The largest absolute Gasteiger partial charge is 0.493 e. The van der Waals surface area contributed by atoms with Crippen LogP contribution in [-0.4, -0.2) is 38.0 Å². The first-order valence-corrected chi connectivity index (χ1v) is 11.9. The average Bonchev–Trinajstić information content (AvgIpc) is 3.45. The van der Waals surface area contributed by atoms with Crippen LogP contribution in [0.5, 0.6) is 5.75 Å². The van der Waals surface area contributed by atoms with Crippen molar-refractivity contribution in [2.24, 2.45) is 0 Å². The molecule has 0 fully saturated rings. The van der Waals surface area contributed by atoms with Crippen molar-refractivity contribution in [3.05, 3.63) is 70.9 Å². The molecule has 1 N–H and O–H groups in total. The van der Waals surface area contributed by atoms with Gasteiger partial charge in [0.2, 0.25) is 5.89 Å². The molecule has 0 radical (unpaired) electrons. The zero-order chi connectivity index (χ0) is 22.3. The Labute approximate surface area is 193 Å². The number of aliphatic carboxylic acids is 1. The average molecular weight is 468 g/mol. The lowest BCUT2D eigenvalue weighted by Crippen LogP contribution is -2.03. The summed E-state index contributed by atoms with van der Waals surface area (Å²) >= 11 is 2.69. The summed E-state index contributed by atoms with van der Waals surface area (Å²) in [5.41, 5.74) is 4.65. The van der Waals surface area contributed by atoms with Crippen LogP contribution in [0.25, 0.3) is 22.7 Å². The molecule has 0 unspecified atom stereocenters. The summed E-state index contributed by atoms with van der Waals surface area (Å²) in [5.74, 6) is 2.02. The zero-order valence-corrected chi connectivity index (χ0v) is 19.0. The fourth-order valence-electron chi connectivity index (χ4n) is 3.10. The third-order valence-electron chi connectivity index (χ3n) is 4.68. The molecule has 0 atom stereocenters. The lowest BCUT2D eigenvalue weighted by Gasteiger charge is -2.07. The summed E-state index contributed by atoms with van der Waals surface area (Å²) in [4.78, 5) is 15.3. The normalized spacial score (nSPS) is 10.9. The molecule has 0 amide bonds. The van der Waals surface area contributed by atoms with E-state index in [9.17, 15) is 4.79 Å². The highest BCUT2D eigenvalue weighted by molar-refractivity contribution is 7.99. The van der Waals surface area contributed by atoms with Gasteiger partial charge in [-0.3, -0.25) is 4.79 Å². The second kappa shape index (κ2) is 10.4. The molecule has 0 bridgehead atoms. The molecule has 0 spiro atoms. The van der Waals surface area contributed by atoms with Gasteiger partial charge in [-0.05, 0) is 48.3 Å². The first-order chi connectivity index (χ1) is 15.6. The van der Waals surface area contributed by atoms with Gasteiger partial charge in [0.15, 0.2) is 0 Å². The van der Waals surface area contributed by atoms with Crippen molar-refractivity contribution in [3.63, 3.8) is 0 Å². The van der Waals surface area contributed by atoms with Crippen LogP contribution in [0.3, 0.4) is 0 Å². The van der Waals surface area contributed by atoms with E-state index in [2.05, 4.69) is 14.6 Å². The number of carboxylic acids is 1. The Balaban J connectivity index is 1.34. The van der Waals surface area contributed by atoms with Crippen LogP contribution in [-0.2, 0) is 17.0 Å². The van der Waals surface area contributed by atoms with Crippen molar-refractivity contribution >= 4 is 29.3 Å². The van der Waals surface area contributed by atoms with Gasteiger partial charge in [-0.25, -0.2) is 4.98 Å². The van der Waals surface area contributed by atoms with Crippen molar-refractivity contribution in [3.8, 4) is 28.5 Å². The van der Waals surface area contributed by atoms with E-state index < -0.39 is 5.97 Å². The second-order valence-electron chi connectivity index (χ2n) is 7.02. The quantitative estimate of drug-likeness (QED) is 0.344. The molecule has 7 nitrogen and oxygen atoms in total. The number of benzene rings is 2. The number of aromatic nitrogens is 3. The summed E-state index contributed by atoms with van der Waals surface area (Å²) in [6.45, 7) is 2.37. The Kier molecular flexibility index (Phi) is 7.18. The highest BCUT2D eigenvalue weighted by Crippen LogP contribution is 2.26. The molecular formula is C23H21N3O4S2. The van der Waals surface area contributed by atoms with Gasteiger partial charge in [0.1, 0.15) is 17.2 Å². The van der Waals surface area contributed by atoms with E-state index in [1.54, 1.807) is 0 Å². The van der Waals surface area contributed by atoms with Crippen molar-refractivity contribution < 1.29 is 19.1 Å². The van der Waals surface area contributed by atoms with Crippen molar-refractivity contribution in [1.29, 1.82) is 0 Å². The zero-order valence-electron chi connectivity index (χ0n) is 17.4. The second-order valence-corrected chi connectivity index (χ2v) is 8.62. The number of hydrogen-bond donors (Lipinski definition) is 1. The minimum absolute atomic E-state index is 0.0870. The maximum absolute atomic E-state index is 10.7. The van der Waals surface area contributed by atoms with Gasteiger partial charge in [0.25, 0.3) is 0 Å². The van der Waals surface area contributed by atoms with E-state index in [-0.39, 0.29) is 5.75 Å². The van der Waals surface area contributed by atoms with Crippen molar-refractivity contribution in [1.82, 2.24) is 14.6 Å². The first-order valence-electron chi connectivity index (χ1n) is 9.94. The maximum atomic E-state index is 10.7. The number of nitrogens with zero attached hydrogens (tertiary/aromatic N) is 3. The third kappa shape index (κ3) is 5.74. The number of thioether (sulfide) groups is 1. The van der Waals surface area contributed by atoms with Crippen LogP contribution < -0.4 is 4.74 Å². The number of aryl methyl sites for hydroxylation is 1. The molecule has 0 aliphatic rings. The van der Waals surface area contributed by atoms with E-state index in [4.69, 9.17) is 14.3 Å². The smallest absolute Gasteiger partial charge is 0.313 e. The maximum Gasteiger partial charge on any atom is 0.313 e. The predicted octanol–water partition coefficient (Wildman–Crippen LogP) is 5.11. The predicted molar refractivity (Wildman–Crippen MR) is 125 cm³/mol. The minimum Gasteiger partial charge on any atom is -0.493 e. The Morgan fingerprint density at radius 2 is 2.00 bits per heavy atom. The highest BCUT2D eigenvalue weighted by Gasteiger charge is 2.12. The third-order valence-corrected chi connectivity index (χ3v) is 6.17. The molecule has 0 saturated carbocycles. The molecule has 32 heavy (non-hydrogen) atoms. The van der Waals surface area contributed by atoms with E-state index in [0.717, 1.165) is 39.6 Å². The molecule has 0 aliphatic heterocycles. The lowest BCUT2D eigenvalue weighted by atomic mass is 10.1. The highest BCUT2D eigenvalue weighted by atomic mass is 32.2. The van der Waals surface area contributed by atoms with Gasteiger partial charge < -0.3 is 14.3 Å². The number of carboxylic acid groups (broad SMARTS) is 1. The molecule has 4 rings (SSSR count). The molecule has 2 heterocycles. The summed E-state index contributed by atoms with van der Waals surface area (Å²) in [5, 5.41) is 14.7. The van der Waals surface area contributed by atoms with Gasteiger partial charge in [-0.2, -0.15) is 0 Å². The van der Waals surface area contributed by atoms with Crippen LogP contribution in [0.4, 0.5) is 0 Å². The summed E-state index contributed by atoms with van der Waals surface area (Å²) < 4.78 is 15.7. The standard InChI is InChI=1S/C23H21N3O4S2/c1-15-20(9-10-29-19-4-2-3-16(11-19)12-31-14-22(27)28)24-23(30-15)18-7-5-17(6-8-18)21-13-32-26-25-21/h2-8,11,13H,9-10,12,14H2,1H3,(H,27,28). The number of ether oxygens (including phenoxy) is 1. The Hall–Kier alpha value is -3.17. The van der Waals surface area contributed by atoms with E-state index >= 15 is 0 Å². The van der Waals surface area contributed by atoms with Crippen LogP contribution >= 0.6 is 23.3 Å².